The molecule has 1 aliphatic heterocycles. The third kappa shape index (κ3) is 4.92. The molecule has 34 heavy (non-hydrogen) atoms. The Morgan fingerprint density at radius 2 is 1.59 bits per heavy atom. The monoisotopic (exact) mass is 522 g/mol. The van der Waals surface area contributed by atoms with Crippen molar-refractivity contribution in [1.29, 1.82) is 0 Å². The van der Waals surface area contributed by atoms with Crippen molar-refractivity contribution in [3.05, 3.63) is 58.6 Å². The number of hydrogen-bond acceptors (Lipinski definition) is 5. The van der Waals surface area contributed by atoms with Crippen LogP contribution in [0.25, 0.3) is 0 Å². The van der Waals surface area contributed by atoms with E-state index in [1.54, 1.807) is 18.2 Å². The van der Waals surface area contributed by atoms with Crippen molar-refractivity contribution in [2.24, 2.45) is 11.8 Å². The van der Waals surface area contributed by atoms with Crippen LogP contribution in [0.3, 0.4) is 0 Å². The maximum atomic E-state index is 12.8. The zero-order valence-corrected chi connectivity index (χ0v) is 20.4. The number of anilines is 2. The Bertz CT molecular complexity index is 1130. The molecule has 0 unspecified atom stereocenters. The smallest absolute Gasteiger partial charge is 0.338 e. The van der Waals surface area contributed by atoms with E-state index in [0.717, 1.165) is 10.5 Å². The second kappa shape index (κ2) is 9.94. The van der Waals surface area contributed by atoms with Crippen LogP contribution >= 0.6 is 34.8 Å². The normalized spacial score (nSPS) is 24.1. The number of alkyl halides is 2. The SMILES string of the molecule is Cc1ccc(NC(=O)COC(=O)c2ccc(N3C(=O)[C@@H]4C[C@@H](Cl)[C@@H](Cl)C[C@H]4C3=O)cc2)cc1Cl. The van der Waals surface area contributed by atoms with Gasteiger partial charge in [0, 0.05) is 10.7 Å². The fraction of sp³-hybridized carbons (Fsp3) is 0.333. The number of halogens is 3. The molecule has 2 aliphatic rings. The van der Waals surface area contributed by atoms with Crippen molar-refractivity contribution in [2.45, 2.75) is 30.5 Å². The van der Waals surface area contributed by atoms with Crippen molar-refractivity contribution < 1.29 is 23.9 Å². The first-order chi connectivity index (χ1) is 16.2. The summed E-state index contributed by atoms with van der Waals surface area (Å²) in [5.41, 5.74) is 1.89. The number of fused-ring (bicyclic) bond motifs is 1. The number of amides is 3. The van der Waals surface area contributed by atoms with Crippen LogP contribution in [-0.2, 0) is 19.1 Å². The Morgan fingerprint density at radius 3 is 2.15 bits per heavy atom. The van der Waals surface area contributed by atoms with Gasteiger partial charge in [0.15, 0.2) is 6.61 Å². The molecule has 2 aromatic rings. The van der Waals surface area contributed by atoms with Crippen LogP contribution in [-0.4, -0.2) is 41.1 Å². The van der Waals surface area contributed by atoms with Gasteiger partial charge in [0.05, 0.1) is 33.8 Å². The quantitative estimate of drug-likeness (QED) is 0.352. The van der Waals surface area contributed by atoms with E-state index in [9.17, 15) is 19.2 Å². The molecule has 4 rings (SSSR count). The Balaban J connectivity index is 1.36. The molecule has 3 amide bonds. The van der Waals surface area contributed by atoms with Gasteiger partial charge in [0.2, 0.25) is 11.8 Å². The fourth-order valence-electron chi connectivity index (χ4n) is 4.18. The van der Waals surface area contributed by atoms with Crippen LogP contribution in [0.4, 0.5) is 11.4 Å². The molecule has 10 heteroatoms. The van der Waals surface area contributed by atoms with E-state index < -0.39 is 30.3 Å². The summed E-state index contributed by atoms with van der Waals surface area (Å²) < 4.78 is 5.06. The van der Waals surface area contributed by atoms with E-state index in [-0.39, 0.29) is 28.1 Å². The predicted octanol–water partition coefficient (Wildman–Crippen LogP) is 4.56. The first kappa shape index (κ1) is 24.5. The zero-order chi connectivity index (χ0) is 24.6. The van der Waals surface area contributed by atoms with E-state index in [0.29, 0.717) is 29.2 Å². The molecule has 1 saturated heterocycles. The van der Waals surface area contributed by atoms with Crippen LogP contribution < -0.4 is 10.2 Å². The highest BCUT2D eigenvalue weighted by Crippen LogP contribution is 2.43. The molecule has 1 saturated carbocycles. The van der Waals surface area contributed by atoms with Gasteiger partial charge in [-0.25, -0.2) is 4.79 Å². The highest BCUT2D eigenvalue weighted by atomic mass is 35.5. The molecule has 178 valence electrons. The summed E-state index contributed by atoms with van der Waals surface area (Å²) >= 11 is 18.5. The molecule has 1 N–H and O–H groups in total. The topological polar surface area (TPSA) is 92.8 Å². The molecule has 1 aliphatic carbocycles. The van der Waals surface area contributed by atoms with Crippen LogP contribution in [0.2, 0.25) is 5.02 Å². The lowest BCUT2D eigenvalue weighted by molar-refractivity contribution is -0.122. The second-order valence-corrected chi connectivity index (χ2v) is 9.89. The van der Waals surface area contributed by atoms with Crippen molar-refractivity contribution in [1.82, 2.24) is 0 Å². The number of nitrogens with one attached hydrogen (secondary N) is 1. The summed E-state index contributed by atoms with van der Waals surface area (Å²) in [6, 6.07) is 10.9. The van der Waals surface area contributed by atoms with Gasteiger partial charge in [0.1, 0.15) is 0 Å². The molecule has 7 nitrogen and oxygen atoms in total. The van der Waals surface area contributed by atoms with Gasteiger partial charge >= 0.3 is 5.97 Å². The summed E-state index contributed by atoms with van der Waals surface area (Å²) in [5.74, 6) is -2.84. The summed E-state index contributed by atoms with van der Waals surface area (Å²) in [6.07, 6.45) is 0.700. The maximum Gasteiger partial charge on any atom is 0.338 e. The Morgan fingerprint density at radius 1 is 1.00 bits per heavy atom. The standard InChI is InChI=1S/C24H21Cl3N2O5/c1-12-2-5-14(8-18(12)25)28-21(30)11-34-24(33)13-3-6-15(7-4-13)29-22(31)16-9-19(26)20(27)10-17(16)23(29)32/h2-8,16-17,19-20H,9-11H2,1H3,(H,28,30)/t16-,17-,19-,20+/m1/s1. The van der Waals surface area contributed by atoms with Crippen LogP contribution in [0.5, 0.6) is 0 Å². The van der Waals surface area contributed by atoms with Crippen LogP contribution in [0, 0.1) is 18.8 Å². The van der Waals surface area contributed by atoms with E-state index in [4.69, 9.17) is 39.5 Å². The molecule has 2 aromatic carbocycles. The summed E-state index contributed by atoms with van der Waals surface area (Å²) in [6.45, 7) is 1.35. The van der Waals surface area contributed by atoms with Crippen molar-refractivity contribution >= 4 is 69.9 Å². The van der Waals surface area contributed by atoms with Crippen LogP contribution in [0.15, 0.2) is 42.5 Å². The minimum Gasteiger partial charge on any atom is -0.452 e. The Kier molecular flexibility index (Phi) is 7.17. The lowest BCUT2D eigenvalue weighted by Gasteiger charge is -2.28. The average molecular weight is 524 g/mol. The molecule has 0 aromatic heterocycles. The lowest BCUT2D eigenvalue weighted by Crippen LogP contribution is -2.34. The summed E-state index contributed by atoms with van der Waals surface area (Å²) in [5, 5.41) is 2.38. The van der Waals surface area contributed by atoms with Crippen molar-refractivity contribution in [2.75, 3.05) is 16.8 Å². The highest BCUT2D eigenvalue weighted by Gasteiger charge is 2.52. The molecular weight excluding hydrogens is 503 g/mol. The predicted molar refractivity (Wildman–Crippen MR) is 130 cm³/mol. The third-order valence-corrected chi connectivity index (χ3v) is 7.56. The molecule has 0 bridgehead atoms. The number of ether oxygens (including phenoxy) is 1. The van der Waals surface area contributed by atoms with Gasteiger partial charge < -0.3 is 10.1 Å². The second-order valence-electron chi connectivity index (χ2n) is 8.36. The summed E-state index contributed by atoms with van der Waals surface area (Å²) in [7, 11) is 0. The van der Waals surface area contributed by atoms with Gasteiger partial charge in [-0.3, -0.25) is 19.3 Å². The first-order valence-electron chi connectivity index (χ1n) is 10.6. The number of carbonyl (C=O) groups excluding carboxylic acids is 4. The van der Waals surface area contributed by atoms with Gasteiger partial charge in [-0.15, -0.1) is 23.2 Å². The largest absolute Gasteiger partial charge is 0.452 e. The van der Waals surface area contributed by atoms with E-state index in [1.165, 1.54) is 24.3 Å². The molecule has 4 atom stereocenters. The van der Waals surface area contributed by atoms with Gasteiger partial charge in [0.25, 0.3) is 5.91 Å². The Hall–Kier alpha value is -2.61. The van der Waals surface area contributed by atoms with Crippen molar-refractivity contribution in [3.8, 4) is 0 Å². The van der Waals surface area contributed by atoms with E-state index in [1.807, 2.05) is 6.92 Å². The number of hydrogen-bond donors (Lipinski definition) is 1. The minimum atomic E-state index is -0.716. The molecule has 1 heterocycles. The molecule has 0 radical (unpaired) electrons. The van der Waals surface area contributed by atoms with E-state index in [2.05, 4.69) is 5.32 Å². The van der Waals surface area contributed by atoms with Gasteiger partial charge in [-0.05, 0) is 61.7 Å². The maximum absolute atomic E-state index is 12.8. The number of aryl methyl sites for hydroxylation is 1. The fourth-order valence-corrected chi connectivity index (χ4v) is 4.95. The number of rotatable bonds is 5. The van der Waals surface area contributed by atoms with Gasteiger partial charge in [-0.2, -0.15) is 0 Å². The van der Waals surface area contributed by atoms with Crippen molar-refractivity contribution in [3.63, 3.8) is 0 Å². The number of carbonyl (C=O) groups is 4. The number of benzene rings is 2. The van der Waals surface area contributed by atoms with Gasteiger partial charge in [-0.1, -0.05) is 17.7 Å². The van der Waals surface area contributed by atoms with Crippen LogP contribution in [0.1, 0.15) is 28.8 Å². The number of esters is 1. The molecule has 0 spiro atoms. The molecular formula is C24H21Cl3N2O5. The van der Waals surface area contributed by atoms with E-state index >= 15 is 0 Å². The number of nitrogens with zero attached hydrogens (tertiary/aromatic N) is 1. The lowest BCUT2D eigenvalue weighted by atomic mass is 9.80. The minimum absolute atomic E-state index is 0.174. The first-order valence-corrected chi connectivity index (χ1v) is 11.9. The average Bonchev–Trinajstić information content (AvgIpc) is 3.04. The third-order valence-electron chi connectivity index (χ3n) is 6.06. The highest BCUT2D eigenvalue weighted by molar-refractivity contribution is 6.32. The summed E-state index contributed by atoms with van der Waals surface area (Å²) in [4.78, 5) is 51.2. The Labute approximate surface area is 211 Å². The zero-order valence-electron chi connectivity index (χ0n) is 18.1. The number of imide groups is 1. The molecule has 2 fully saturated rings.